The number of nitrogens with one attached hydrogen (secondary N) is 2. The van der Waals surface area contributed by atoms with Crippen molar-refractivity contribution < 1.29 is 9.90 Å². The van der Waals surface area contributed by atoms with Gasteiger partial charge in [0.25, 0.3) is 0 Å². The highest BCUT2D eigenvalue weighted by atomic mass is 32.1. The van der Waals surface area contributed by atoms with E-state index in [4.69, 9.17) is 17.3 Å². The van der Waals surface area contributed by atoms with E-state index >= 15 is 0 Å². The molecule has 1 aromatic heterocycles. The lowest BCUT2D eigenvalue weighted by Crippen LogP contribution is -2.26. The molecule has 6 heteroatoms. The molecule has 0 radical (unpaired) electrons. The van der Waals surface area contributed by atoms with Crippen molar-refractivity contribution in [3.63, 3.8) is 0 Å². The van der Waals surface area contributed by atoms with Gasteiger partial charge in [0.1, 0.15) is 5.82 Å². The number of hydrogen-bond donors (Lipinski definition) is 3. The van der Waals surface area contributed by atoms with E-state index in [9.17, 15) is 4.79 Å². The fourth-order valence-electron chi connectivity index (χ4n) is 2.21. The Morgan fingerprint density at radius 2 is 2.13 bits per heavy atom. The maximum absolute atomic E-state index is 11.1. The molecule has 1 aliphatic rings. The number of H-pyrrole nitrogens is 2. The highest BCUT2D eigenvalue weighted by Crippen LogP contribution is 2.36. The molecule has 5 nitrogen and oxygen atoms in total. The zero-order valence-corrected chi connectivity index (χ0v) is 9.01. The molecule has 3 N–H and O–H groups in total. The summed E-state index contributed by atoms with van der Waals surface area (Å²) in [6.07, 6.45) is 3.64. The summed E-state index contributed by atoms with van der Waals surface area (Å²) >= 11 is 4.86. The van der Waals surface area contributed by atoms with Crippen molar-refractivity contribution in [2.75, 3.05) is 0 Å². The van der Waals surface area contributed by atoms with E-state index in [0.29, 0.717) is 10.6 Å². The molecule has 0 unspecified atom stereocenters. The maximum Gasteiger partial charge on any atom is 0.307 e. The number of nitrogens with zero attached hydrogens (tertiary/aromatic N) is 1. The summed E-state index contributed by atoms with van der Waals surface area (Å²) < 4.78 is 0.389. The van der Waals surface area contributed by atoms with E-state index in [2.05, 4.69) is 15.2 Å². The number of hydrogen-bond acceptors (Lipinski definition) is 3. The van der Waals surface area contributed by atoms with E-state index in [1.165, 1.54) is 0 Å². The van der Waals surface area contributed by atoms with Crippen LogP contribution in [0.5, 0.6) is 0 Å². The lowest BCUT2D eigenvalue weighted by molar-refractivity contribution is -0.143. The van der Waals surface area contributed by atoms with E-state index in [1.807, 2.05) is 0 Å². The zero-order valence-electron chi connectivity index (χ0n) is 8.19. The van der Waals surface area contributed by atoms with Gasteiger partial charge < -0.3 is 5.11 Å². The quantitative estimate of drug-likeness (QED) is 0.673. The van der Waals surface area contributed by atoms with Gasteiger partial charge in [-0.15, -0.1) is 0 Å². The van der Waals surface area contributed by atoms with Crippen LogP contribution in [0.2, 0.25) is 0 Å². The molecule has 1 fully saturated rings. The molecular formula is C9H13N3O2S. The monoisotopic (exact) mass is 227 g/mol. The molecule has 1 heterocycles. The van der Waals surface area contributed by atoms with E-state index < -0.39 is 5.97 Å². The second kappa shape index (κ2) is 4.14. The Kier molecular flexibility index (Phi) is 2.86. The number of aromatic nitrogens is 3. The Morgan fingerprint density at radius 1 is 1.40 bits per heavy atom. The largest absolute Gasteiger partial charge is 0.481 e. The fraction of sp³-hybridized carbons (Fsp3) is 0.667. The first kappa shape index (κ1) is 10.4. The fourth-order valence-corrected chi connectivity index (χ4v) is 2.36. The molecule has 82 valence electrons. The van der Waals surface area contributed by atoms with Gasteiger partial charge in [-0.2, -0.15) is 0 Å². The zero-order chi connectivity index (χ0) is 10.8. The van der Waals surface area contributed by atoms with Crippen molar-refractivity contribution in [1.82, 2.24) is 15.2 Å². The van der Waals surface area contributed by atoms with Crippen LogP contribution < -0.4 is 0 Å². The molecule has 1 saturated carbocycles. The minimum absolute atomic E-state index is 0.0239. The Balaban J connectivity index is 2.25. The lowest BCUT2D eigenvalue weighted by atomic mass is 9.79. The minimum atomic E-state index is -0.734. The number of rotatable bonds is 2. The van der Waals surface area contributed by atoms with E-state index in [1.54, 1.807) is 0 Å². The van der Waals surface area contributed by atoms with Crippen molar-refractivity contribution in [3.05, 3.63) is 10.6 Å². The number of aliphatic carboxylic acids is 1. The van der Waals surface area contributed by atoms with Crippen LogP contribution in [-0.4, -0.2) is 26.3 Å². The van der Waals surface area contributed by atoms with Crippen LogP contribution in [0.1, 0.15) is 37.4 Å². The van der Waals surface area contributed by atoms with Crippen molar-refractivity contribution in [3.8, 4) is 0 Å². The van der Waals surface area contributed by atoms with Gasteiger partial charge in [-0.3, -0.25) is 15.0 Å². The van der Waals surface area contributed by atoms with Crippen LogP contribution in [0.4, 0.5) is 0 Å². The van der Waals surface area contributed by atoms with Gasteiger partial charge in [0.15, 0.2) is 0 Å². The van der Waals surface area contributed by atoms with Crippen LogP contribution in [0.15, 0.2) is 0 Å². The minimum Gasteiger partial charge on any atom is -0.481 e. The summed E-state index contributed by atoms with van der Waals surface area (Å²) in [4.78, 5) is 15.2. The first-order valence-electron chi connectivity index (χ1n) is 5.06. The highest BCUT2D eigenvalue weighted by molar-refractivity contribution is 7.71. The molecule has 2 atom stereocenters. The van der Waals surface area contributed by atoms with Gasteiger partial charge in [0, 0.05) is 5.92 Å². The predicted molar refractivity (Wildman–Crippen MR) is 56.1 cm³/mol. The molecule has 0 amide bonds. The van der Waals surface area contributed by atoms with Gasteiger partial charge in [0.2, 0.25) is 4.77 Å². The van der Waals surface area contributed by atoms with E-state index in [0.717, 1.165) is 25.7 Å². The first-order valence-corrected chi connectivity index (χ1v) is 5.46. The van der Waals surface area contributed by atoms with Crippen molar-refractivity contribution in [1.29, 1.82) is 0 Å². The second-order valence-corrected chi connectivity index (χ2v) is 4.27. The summed E-state index contributed by atoms with van der Waals surface area (Å²) in [6, 6.07) is 0. The molecule has 0 aliphatic heterocycles. The average molecular weight is 227 g/mol. The predicted octanol–water partition coefficient (Wildman–Crippen LogP) is 1.83. The van der Waals surface area contributed by atoms with Crippen molar-refractivity contribution >= 4 is 18.2 Å². The molecule has 2 rings (SSSR count). The SMILES string of the molecule is O=C(O)[C@@H]1CCCC[C@@H]1c1nc(=S)[nH][nH]1. The Hall–Kier alpha value is -1.17. The van der Waals surface area contributed by atoms with Crippen LogP contribution in [0, 0.1) is 10.7 Å². The molecule has 0 saturated heterocycles. The summed E-state index contributed by atoms with van der Waals surface area (Å²) in [5.41, 5.74) is 0. The molecule has 0 aromatic carbocycles. The molecule has 15 heavy (non-hydrogen) atoms. The van der Waals surface area contributed by atoms with Crippen molar-refractivity contribution in [2.24, 2.45) is 5.92 Å². The number of aromatic amines is 2. The Labute approximate surface area is 91.9 Å². The topological polar surface area (TPSA) is 81.8 Å². The normalized spacial score (nSPS) is 26.4. The third-order valence-corrected chi connectivity index (χ3v) is 3.15. The molecule has 1 aromatic rings. The Bertz CT molecular complexity index is 411. The molecular weight excluding hydrogens is 214 g/mol. The first-order chi connectivity index (χ1) is 7.18. The summed E-state index contributed by atoms with van der Waals surface area (Å²) in [7, 11) is 0. The molecule has 0 bridgehead atoms. The van der Waals surface area contributed by atoms with Crippen LogP contribution >= 0.6 is 12.2 Å². The third-order valence-electron chi connectivity index (χ3n) is 2.95. The number of carboxylic acids is 1. The maximum atomic E-state index is 11.1. The molecule has 0 spiro atoms. The van der Waals surface area contributed by atoms with Gasteiger partial charge >= 0.3 is 5.97 Å². The van der Waals surface area contributed by atoms with Gasteiger partial charge in [-0.25, -0.2) is 4.98 Å². The summed E-state index contributed by atoms with van der Waals surface area (Å²) in [6.45, 7) is 0. The summed E-state index contributed by atoms with van der Waals surface area (Å²) in [5.74, 6) is -0.397. The molecule has 1 aliphatic carbocycles. The summed E-state index contributed by atoms with van der Waals surface area (Å²) in [5, 5.41) is 14.7. The standard InChI is InChI=1S/C9H13N3O2S/c13-8(14)6-4-2-1-3-5(6)7-10-9(15)12-11-7/h5-6H,1-4H2,(H,13,14)(H2,10,11,12,15)/t5-,6+/m0/s1. The van der Waals surface area contributed by atoms with Crippen LogP contribution in [0.25, 0.3) is 0 Å². The number of carbonyl (C=O) groups is 1. The number of carboxylic acid groups (broad SMARTS) is 1. The third kappa shape index (κ3) is 2.09. The van der Waals surface area contributed by atoms with E-state index in [-0.39, 0.29) is 11.8 Å². The van der Waals surface area contributed by atoms with Gasteiger partial charge in [-0.1, -0.05) is 12.8 Å². The smallest absolute Gasteiger partial charge is 0.307 e. The van der Waals surface area contributed by atoms with Crippen LogP contribution in [-0.2, 0) is 4.79 Å². The van der Waals surface area contributed by atoms with Gasteiger partial charge in [-0.05, 0) is 25.1 Å². The highest BCUT2D eigenvalue weighted by Gasteiger charge is 2.33. The van der Waals surface area contributed by atoms with Crippen molar-refractivity contribution in [2.45, 2.75) is 31.6 Å². The van der Waals surface area contributed by atoms with Gasteiger partial charge in [0.05, 0.1) is 5.92 Å². The lowest BCUT2D eigenvalue weighted by Gasteiger charge is -2.26. The average Bonchev–Trinajstić information content (AvgIpc) is 2.65. The second-order valence-electron chi connectivity index (χ2n) is 3.89. The Morgan fingerprint density at radius 3 is 2.73 bits per heavy atom. The van der Waals surface area contributed by atoms with Crippen LogP contribution in [0.3, 0.4) is 0 Å².